The highest BCUT2D eigenvalue weighted by molar-refractivity contribution is 5.64. The third kappa shape index (κ3) is 2.73. The fourth-order valence-electron chi connectivity index (χ4n) is 1.96. The molecule has 88 valence electrons. The molecule has 0 unspecified atom stereocenters. The van der Waals surface area contributed by atoms with E-state index in [4.69, 9.17) is 10.5 Å². The predicted molar refractivity (Wildman–Crippen MR) is 59.6 cm³/mol. The number of hydrogen-bond acceptors (Lipinski definition) is 5. The molecule has 2 rings (SSSR count). The maximum absolute atomic E-state index is 10.6. The summed E-state index contributed by atoms with van der Waals surface area (Å²) in [4.78, 5) is 14.6. The Balaban J connectivity index is 1.78. The zero-order chi connectivity index (χ0) is 11.4. The second-order valence-corrected chi connectivity index (χ2v) is 3.84. The van der Waals surface area contributed by atoms with Crippen LogP contribution in [0.25, 0.3) is 0 Å². The van der Waals surface area contributed by atoms with Gasteiger partial charge in [-0.3, -0.25) is 4.99 Å². The lowest BCUT2D eigenvalue weighted by Crippen LogP contribution is -2.47. The highest BCUT2D eigenvalue weighted by Gasteiger charge is 2.24. The van der Waals surface area contributed by atoms with Gasteiger partial charge in [0.1, 0.15) is 6.10 Å². The van der Waals surface area contributed by atoms with Crippen LogP contribution >= 0.6 is 0 Å². The fourth-order valence-corrected chi connectivity index (χ4v) is 1.96. The maximum atomic E-state index is 10.6. The topological polar surface area (TPSA) is 71.2 Å². The summed E-state index contributed by atoms with van der Waals surface area (Å²) in [6.07, 6.45) is 6.53. The number of hydrogen-bond donors (Lipinski definition) is 1. The van der Waals surface area contributed by atoms with Gasteiger partial charge in [0.2, 0.25) is 0 Å². The second-order valence-electron chi connectivity index (χ2n) is 3.84. The predicted octanol–water partition coefficient (Wildman–Crippen LogP) is 0.319. The zero-order valence-corrected chi connectivity index (χ0v) is 9.08. The Morgan fingerprint density at radius 2 is 2.19 bits per heavy atom. The Kier molecular flexibility index (Phi) is 3.40. The van der Waals surface area contributed by atoms with Gasteiger partial charge in [0.25, 0.3) is 0 Å². The largest absolute Gasteiger partial charge is 0.446 e. The SMILES string of the molecule is NC(=O)OC1CCN(N2C=CN=CC2)CC1. The van der Waals surface area contributed by atoms with Crippen LogP contribution in [0, 0.1) is 0 Å². The lowest BCUT2D eigenvalue weighted by atomic mass is 10.1. The highest BCUT2D eigenvalue weighted by Crippen LogP contribution is 2.16. The van der Waals surface area contributed by atoms with Gasteiger partial charge in [0.05, 0.1) is 6.54 Å². The minimum absolute atomic E-state index is 0.0313. The molecule has 0 bridgehead atoms. The summed E-state index contributed by atoms with van der Waals surface area (Å²) in [6.45, 7) is 2.55. The number of nitrogens with two attached hydrogens (primary N) is 1. The van der Waals surface area contributed by atoms with E-state index in [1.54, 1.807) is 6.20 Å². The molecule has 6 heteroatoms. The van der Waals surface area contributed by atoms with Gasteiger partial charge in [-0.05, 0) is 12.8 Å². The summed E-state index contributed by atoms with van der Waals surface area (Å²) in [5.41, 5.74) is 4.99. The van der Waals surface area contributed by atoms with Crippen LogP contribution in [-0.4, -0.2) is 48.1 Å². The third-order valence-corrected chi connectivity index (χ3v) is 2.76. The highest BCUT2D eigenvalue weighted by atomic mass is 16.6. The molecular weight excluding hydrogens is 208 g/mol. The van der Waals surface area contributed by atoms with Crippen molar-refractivity contribution in [2.45, 2.75) is 18.9 Å². The van der Waals surface area contributed by atoms with E-state index in [9.17, 15) is 4.79 Å². The number of aliphatic imine (C=N–C) groups is 1. The van der Waals surface area contributed by atoms with Crippen LogP contribution in [0.4, 0.5) is 4.79 Å². The van der Waals surface area contributed by atoms with Crippen molar-refractivity contribution in [3.05, 3.63) is 12.4 Å². The molecular formula is C10H16N4O2. The molecule has 0 aromatic heterocycles. The molecule has 0 aromatic rings. The average molecular weight is 224 g/mol. The number of ether oxygens (including phenoxy) is 1. The van der Waals surface area contributed by atoms with E-state index in [1.165, 1.54) is 0 Å². The average Bonchev–Trinajstić information content (AvgIpc) is 2.30. The van der Waals surface area contributed by atoms with Crippen LogP contribution in [0.2, 0.25) is 0 Å². The number of nitrogens with zero attached hydrogens (tertiary/aromatic N) is 3. The normalized spacial score (nSPS) is 22.4. The van der Waals surface area contributed by atoms with E-state index in [0.29, 0.717) is 0 Å². The standard InChI is InChI=1S/C10H16N4O2/c11-10(15)16-9-1-5-13(6-2-9)14-7-3-12-4-8-14/h3-4,7,9H,1-2,5-6,8H2,(H2,11,15). The minimum Gasteiger partial charge on any atom is -0.446 e. The summed E-state index contributed by atoms with van der Waals surface area (Å²) in [7, 11) is 0. The Bertz CT molecular complexity index is 308. The molecule has 2 aliphatic heterocycles. The van der Waals surface area contributed by atoms with Crippen molar-refractivity contribution in [2.75, 3.05) is 19.6 Å². The summed E-state index contributed by atoms with van der Waals surface area (Å²) >= 11 is 0. The van der Waals surface area contributed by atoms with Gasteiger partial charge in [0.15, 0.2) is 0 Å². The van der Waals surface area contributed by atoms with E-state index < -0.39 is 6.09 Å². The molecule has 0 aromatic carbocycles. The van der Waals surface area contributed by atoms with Crippen molar-refractivity contribution in [1.82, 2.24) is 10.0 Å². The number of primary amides is 1. The van der Waals surface area contributed by atoms with Crippen molar-refractivity contribution < 1.29 is 9.53 Å². The Hall–Kier alpha value is -1.56. The van der Waals surface area contributed by atoms with Gasteiger partial charge >= 0.3 is 6.09 Å². The molecule has 2 aliphatic rings. The van der Waals surface area contributed by atoms with Gasteiger partial charge in [-0.2, -0.15) is 0 Å². The van der Waals surface area contributed by atoms with Crippen molar-refractivity contribution in [2.24, 2.45) is 10.7 Å². The number of rotatable bonds is 2. The van der Waals surface area contributed by atoms with Crippen molar-refractivity contribution in [3.8, 4) is 0 Å². The molecule has 2 heterocycles. The molecule has 16 heavy (non-hydrogen) atoms. The molecule has 1 amide bonds. The fraction of sp³-hybridized carbons (Fsp3) is 0.600. The van der Waals surface area contributed by atoms with Crippen LogP contribution in [0.5, 0.6) is 0 Å². The Labute approximate surface area is 94.3 Å². The van der Waals surface area contributed by atoms with Crippen LogP contribution in [0.1, 0.15) is 12.8 Å². The number of amides is 1. The molecule has 1 saturated heterocycles. The van der Waals surface area contributed by atoms with Crippen LogP contribution in [-0.2, 0) is 4.74 Å². The molecule has 0 aliphatic carbocycles. The maximum Gasteiger partial charge on any atom is 0.404 e. The van der Waals surface area contributed by atoms with Gasteiger partial charge < -0.3 is 15.5 Å². The molecule has 6 nitrogen and oxygen atoms in total. The molecule has 1 fully saturated rings. The Morgan fingerprint density at radius 1 is 1.44 bits per heavy atom. The van der Waals surface area contributed by atoms with E-state index in [2.05, 4.69) is 15.0 Å². The third-order valence-electron chi connectivity index (χ3n) is 2.76. The number of carbonyl (C=O) groups is 1. The van der Waals surface area contributed by atoms with E-state index in [-0.39, 0.29) is 6.10 Å². The number of hydrazine groups is 1. The summed E-state index contributed by atoms with van der Waals surface area (Å²) in [6, 6.07) is 0. The summed E-state index contributed by atoms with van der Waals surface area (Å²) in [5, 5.41) is 4.34. The van der Waals surface area contributed by atoms with Crippen molar-refractivity contribution in [3.63, 3.8) is 0 Å². The first kappa shape index (κ1) is 10.9. The van der Waals surface area contributed by atoms with Crippen LogP contribution in [0.15, 0.2) is 17.4 Å². The van der Waals surface area contributed by atoms with Gasteiger partial charge in [0, 0.05) is 31.7 Å². The first-order chi connectivity index (χ1) is 7.75. The number of carbonyl (C=O) groups excluding carboxylic acids is 1. The molecule has 0 radical (unpaired) electrons. The number of piperidine rings is 1. The molecule has 0 saturated carbocycles. The second kappa shape index (κ2) is 4.98. The van der Waals surface area contributed by atoms with Crippen molar-refractivity contribution in [1.29, 1.82) is 0 Å². The molecule has 0 atom stereocenters. The Morgan fingerprint density at radius 3 is 2.75 bits per heavy atom. The van der Waals surface area contributed by atoms with E-state index >= 15 is 0 Å². The first-order valence-corrected chi connectivity index (χ1v) is 5.41. The van der Waals surface area contributed by atoms with Gasteiger partial charge in [-0.1, -0.05) is 0 Å². The lowest BCUT2D eigenvalue weighted by molar-refractivity contribution is -0.0259. The van der Waals surface area contributed by atoms with Gasteiger partial charge in [-0.15, -0.1) is 0 Å². The van der Waals surface area contributed by atoms with Crippen LogP contribution in [0.3, 0.4) is 0 Å². The first-order valence-electron chi connectivity index (χ1n) is 5.41. The summed E-state index contributed by atoms with van der Waals surface area (Å²) in [5.74, 6) is 0. The quantitative estimate of drug-likeness (QED) is 0.733. The van der Waals surface area contributed by atoms with Crippen LogP contribution < -0.4 is 5.73 Å². The molecule has 2 N–H and O–H groups in total. The lowest BCUT2D eigenvalue weighted by Gasteiger charge is -2.38. The van der Waals surface area contributed by atoms with E-state index in [0.717, 1.165) is 32.5 Å². The zero-order valence-electron chi connectivity index (χ0n) is 9.08. The molecule has 0 spiro atoms. The smallest absolute Gasteiger partial charge is 0.404 e. The van der Waals surface area contributed by atoms with E-state index in [1.807, 2.05) is 12.4 Å². The monoisotopic (exact) mass is 224 g/mol. The minimum atomic E-state index is -0.677. The summed E-state index contributed by atoms with van der Waals surface area (Å²) < 4.78 is 4.98. The van der Waals surface area contributed by atoms with Crippen molar-refractivity contribution >= 4 is 12.3 Å². The van der Waals surface area contributed by atoms with Gasteiger partial charge in [-0.25, -0.2) is 9.80 Å².